The normalized spacial score (nSPS) is 18.1. The first kappa shape index (κ1) is 13.8. The van der Waals surface area contributed by atoms with E-state index in [1.807, 2.05) is 0 Å². The van der Waals surface area contributed by atoms with Crippen LogP contribution < -0.4 is 5.32 Å². The van der Waals surface area contributed by atoms with Gasteiger partial charge in [-0.2, -0.15) is 5.10 Å². The molecule has 1 N–H and O–H groups in total. The molecule has 0 radical (unpaired) electrons. The van der Waals surface area contributed by atoms with Crippen molar-refractivity contribution in [1.82, 2.24) is 14.7 Å². The molecule has 0 saturated heterocycles. The second-order valence-electron chi connectivity index (χ2n) is 4.67. The third-order valence-electron chi connectivity index (χ3n) is 3.26. The molecule has 1 unspecified atom stereocenters. The van der Waals surface area contributed by atoms with E-state index in [1.165, 1.54) is 4.90 Å². The van der Waals surface area contributed by atoms with Gasteiger partial charge in [-0.1, -0.05) is 0 Å². The van der Waals surface area contributed by atoms with Crippen LogP contribution in [0.25, 0.3) is 0 Å². The largest absolute Gasteiger partial charge is 0.370 e. The summed E-state index contributed by atoms with van der Waals surface area (Å²) in [6.45, 7) is 0.757. The number of methoxy groups -OCH3 is 2. The first-order chi connectivity index (χ1) is 9.10. The third-order valence-corrected chi connectivity index (χ3v) is 3.26. The minimum atomic E-state index is -0.372. The number of nitrogens with one attached hydrogen (secondary N) is 1. The lowest BCUT2D eigenvalue weighted by atomic mass is 10.1. The minimum Gasteiger partial charge on any atom is -0.370 e. The SMILES string of the molecule is COC(OC)C1CCNc2c(C(=O)N(C)C)cnn21. The number of ether oxygens (including phenoxy) is 2. The number of hydrogen-bond acceptors (Lipinski definition) is 5. The van der Waals surface area contributed by atoms with Gasteiger partial charge >= 0.3 is 0 Å². The van der Waals surface area contributed by atoms with Crippen molar-refractivity contribution in [3.8, 4) is 0 Å². The number of hydrogen-bond donors (Lipinski definition) is 1. The molecule has 1 aromatic rings. The summed E-state index contributed by atoms with van der Waals surface area (Å²) in [7, 11) is 6.65. The van der Waals surface area contributed by atoms with E-state index in [2.05, 4.69) is 10.4 Å². The van der Waals surface area contributed by atoms with Gasteiger partial charge in [0.25, 0.3) is 5.91 Å². The fourth-order valence-corrected chi connectivity index (χ4v) is 2.31. The Hall–Kier alpha value is -1.60. The fourth-order valence-electron chi connectivity index (χ4n) is 2.31. The minimum absolute atomic E-state index is 0.0324. The van der Waals surface area contributed by atoms with Crippen molar-refractivity contribution in [3.05, 3.63) is 11.8 Å². The first-order valence-electron chi connectivity index (χ1n) is 6.18. The van der Waals surface area contributed by atoms with Crippen molar-refractivity contribution in [1.29, 1.82) is 0 Å². The smallest absolute Gasteiger partial charge is 0.258 e. The molecule has 0 saturated carbocycles. The molecule has 0 aliphatic carbocycles. The van der Waals surface area contributed by atoms with Crippen LogP contribution in [-0.2, 0) is 9.47 Å². The predicted octanol–water partition coefficient (Wildman–Crippen LogP) is 0.560. The number of carbonyl (C=O) groups excluding carboxylic acids is 1. The Morgan fingerprint density at radius 2 is 2.21 bits per heavy atom. The molecule has 7 heteroatoms. The van der Waals surface area contributed by atoms with Crippen LogP contribution in [0.2, 0.25) is 0 Å². The topological polar surface area (TPSA) is 68.6 Å². The lowest BCUT2D eigenvalue weighted by Crippen LogP contribution is -2.35. The summed E-state index contributed by atoms with van der Waals surface area (Å²) in [4.78, 5) is 13.6. The number of rotatable bonds is 4. The zero-order valence-electron chi connectivity index (χ0n) is 11.7. The highest BCUT2D eigenvalue weighted by Gasteiger charge is 2.31. The van der Waals surface area contributed by atoms with Crippen LogP contribution in [-0.4, -0.2) is 61.7 Å². The van der Waals surface area contributed by atoms with E-state index in [4.69, 9.17) is 9.47 Å². The van der Waals surface area contributed by atoms with Gasteiger partial charge in [0.1, 0.15) is 17.4 Å². The molecule has 0 aromatic carbocycles. The summed E-state index contributed by atoms with van der Waals surface area (Å²) in [6, 6.07) is -0.0324. The zero-order chi connectivity index (χ0) is 14.0. The van der Waals surface area contributed by atoms with Gasteiger partial charge in [-0.15, -0.1) is 0 Å². The average molecular weight is 268 g/mol. The average Bonchev–Trinajstić information content (AvgIpc) is 2.83. The van der Waals surface area contributed by atoms with Crippen LogP contribution in [0.15, 0.2) is 6.20 Å². The lowest BCUT2D eigenvalue weighted by Gasteiger charge is -2.30. The first-order valence-corrected chi connectivity index (χ1v) is 6.18. The van der Waals surface area contributed by atoms with E-state index >= 15 is 0 Å². The summed E-state index contributed by atoms with van der Waals surface area (Å²) < 4.78 is 12.4. The second kappa shape index (κ2) is 5.58. The summed E-state index contributed by atoms with van der Waals surface area (Å²) >= 11 is 0. The number of nitrogens with zero attached hydrogens (tertiary/aromatic N) is 3. The number of fused-ring (bicyclic) bond motifs is 1. The molecule has 7 nitrogen and oxygen atoms in total. The maximum Gasteiger partial charge on any atom is 0.258 e. The van der Waals surface area contributed by atoms with Crippen molar-refractivity contribution in [2.75, 3.05) is 40.2 Å². The van der Waals surface area contributed by atoms with E-state index in [0.717, 1.165) is 18.8 Å². The molecule has 1 aromatic heterocycles. The van der Waals surface area contributed by atoms with Gasteiger partial charge in [0, 0.05) is 34.9 Å². The second-order valence-corrected chi connectivity index (χ2v) is 4.67. The number of amides is 1. The van der Waals surface area contributed by atoms with Crippen LogP contribution in [0.3, 0.4) is 0 Å². The molecule has 19 heavy (non-hydrogen) atoms. The third kappa shape index (κ3) is 2.43. The Labute approximate surface area is 112 Å². The maximum atomic E-state index is 12.1. The Bertz CT molecular complexity index is 454. The molecule has 1 amide bonds. The summed E-state index contributed by atoms with van der Waals surface area (Å²) in [5.41, 5.74) is 0.570. The van der Waals surface area contributed by atoms with Crippen molar-refractivity contribution in [2.45, 2.75) is 18.8 Å². The number of anilines is 1. The molecular weight excluding hydrogens is 248 g/mol. The Morgan fingerprint density at radius 1 is 1.53 bits per heavy atom. The highest BCUT2D eigenvalue weighted by Crippen LogP contribution is 2.30. The van der Waals surface area contributed by atoms with Gasteiger partial charge in [0.05, 0.1) is 6.20 Å². The highest BCUT2D eigenvalue weighted by molar-refractivity contribution is 5.98. The summed E-state index contributed by atoms with van der Waals surface area (Å²) in [5, 5.41) is 7.53. The Kier molecular flexibility index (Phi) is 4.06. The van der Waals surface area contributed by atoms with Crippen molar-refractivity contribution < 1.29 is 14.3 Å². The molecular formula is C12H20N4O3. The van der Waals surface area contributed by atoms with Gasteiger partial charge in [-0.25, -0.2) is 4.68 Å². The highest BCUT2D eigenvalue weighted by atomic mass is 16.7. The van der Waals surface area contributed by atoms with Gasteiger partial charge in [-0.05, 0) is 6.42 Å². The fraction of sp³-hybridized carbons (Fsp3) is 0.667. The molecule has 0 spiro atoms. The standard InChI is InChI=1S/C12H20N4O3/c1-15(2)11(17)8-7-14-16-9(12(18-3)19-4)5-6-13-10(8)16/h7,9,12-13H,5-6H2,1-4H3. The molecule has 0 bridgehead atoms. The summed E-state index contributed by atoms with van der Waals surface area (Å²) in [6.07, 6.45) is 2.05. The van der Waals surface area contributed by atoms with Gasteiger partial charge in [-0.3, -0.25) is 4.79 Å². The van der Waals surface area contributed by atoms with Crippen LogP contribution >= 0.6 is 0 Å². The van der Waals surface area contributed by atoms with Crippen LogP contribution in [0.4, 0.5) is 5.82 Å². The molecule has 1 aliphatic rings. The van der Waals surface area contributed by atoms with Crippen molar-refractivity contribution in [3.63, 3.8) is 0 Å². The number of aromatic nitrogens is 2. The maximum absolute atomic E-state index is 12.1. The molecule has 0 fully saturated rings. The van der Waals surface area contributed by atoms with Crippen molar-refractivity contribution >= 4 is 11.7 Å². The van der Waals surface area contributed by atoms with E-state index in [0.29, 0.717) is 5.56 Å². The predicted molar refractivity (Wildman–Crippen MR) is 70.2 cm³/mol. The summed E-state index contributed by atoms with van der Waals surface area (Å²) in [5.74, 6) is 0.662. The molecule has 1 aliphatic heterocycles. The quantitative estimate of drug-likeness (QED) is 0.808. The van der Waals surface area contributed by atoms with E-state index in [9.17, 15) is 4.79 Å². The van der Waals surface area contributed by atoms with E-state index in [1.54, 1.807) is 39.2 Å². The lowest BCUT2D eigenvalue weighted by molar-refractivity contribution is -0.135. The van der Waals surface area contributed by atoms with E-state index < -0.39 is 0 Å². The Morgan fingerprint density at radius 3 is 2.79 bits per heavy atom. The monoisotopic (exact) mass is 268 g/mol. The van der Waals surface area contributed by atoms with Gasteiger partial charge < -0.3 is 19.7 Å². The van der Waals surface area contributed by atoms with Gasteiger partial charge in [0.2, 0.25) is 0 Å². The van der Waals surface area contributed by atoms with Crippen LogP contribution in [0.5, 0.6) is 0 Å². The molecule has 106 valence electrons. The molecule has 1 atom stereocenters. The van der Waals surface area contributed by atoms with Gasteiger partial charge in [0.15, 0.2) is 6.29 Å². The molecule has 2 rings (SSSR count). The molecule has 2 heterocycles. The van der Waals surface area contributed by atoms with Crippen LogP contribution in [0.1, 0.15) is 22.8 Å². The van der Waals surface area contributed by atoms with Crippen LogP contribution in [0, 0.1) is 0 Å². The Balaban J connectivity index is 2.34. The van der Waals surface area contributed by atoms with E-state index in [-0.39, 0.29) is 18.2 Å². The number of carbonyl (C=O) groups is 1. The zero-order valence-corrected chi connectivity index (χ0v) is 11.7. The van der Waals surface area contributed by atoms with Crippen molar-refractivity contribution in [2.24, 2.45) is 0 Å².